The average molecular weight is 262 g/mol. The number of rotatable bonds is 2. The topological polar surface area (TPSA) is 50.2 Å². The minimum atomic E-state index is 0.123. The highest BCUT2D eigenvalue weighted by Gasteiger charge is 2.30. The summed E-state index contributed by atoms with van der Waals surface area (Å²) in [6.07, 6.45) is 8.21. The van der Waals surface area contributed by atoms with E-state index in [-0.39, 0.29) is 5.91 Å². The Hall–Kier alpha value is -1.36. The minimum absolute atomic E-state index is 0.123. The van der Waals surface area contributed by atoms with Gasteiger partial charge in [-0.1, -0.05) is 0 Å². The Morgan fingerprint density at radius 2 is 2.16 bits per heavy atom. The molecule has 5 nitrogen and oxygen atoms in total. The molecule has 3 heterocycles. The fourth-order valence-electron chi connectivity index (χ4n) is 3.34. The SMILES string of the molecule is Cn1cncc1C(=O)N1CCC(C2CCCN2)CC1. The normalized spacial score (nSPS) is 24.9. The predicted molar refractivity (Wildman–Crippen MR) is 72.9 cm³/mol. The number of hydrogen-bond acceptors (Lipinski definition) is 3. The summed E-state index contributed by atoms with van der Waals surface area (Å²) in [6.45, 7) is 2.93. The molecular formula is C14H22N4O. The quantitative estimate of drug-likeness (QED) is 0.866. The van der Waals surface area contributed by atoms with E-state index in [1.165, 1.54) is 19.4 Å². The van der Waals surface area contributed by atoms with Crippen LogP contribution in [-0.2, 0) is 7.05 Å². The molecule has 0 aliphatic carbocycles. The van der Waals surface area contributed by atoms with E-state index in [4.69, 9.17) is 0 Å². The second-order valence-electron chi connectivity index (χ2n) is 5.72. The number of carbonyl (C=O) groups is 1. The third-order valence-corrected chi connectivity index (χ3v) is 4.53. The standard InChI is InChI=1S/C14H22N4O/c1-17-10-15-9-13(17)14(19)18-7-4-11(5-8-18)12-3-2-6-16-12/h9-12,16H,2-8H2,1H3. The molecule has 104 valence electrons. The molecule has 0 radical (unpaired) electrons. The third kappa shape index (κ3) is 2.52. The van der Waals surface area contributed by atoms with Gasteiger partial charge in [0.2, 0.25) is 0 Å². The maximum atomic E-state index is 12.4. The number of aryl methyl sites for hydroxylation is 1. The van der Waals surface area contributed by atoms with Crippen LogP contribution in [-0.4, -0.2) is 46.0 Å². The summed E-state index contributed by atoms with van der Waals surface area (Å²) in [6, 6.07) is 0.689. The van der Waals surface area contributed by atoms with E-state index in [0.717, 1.165) is 31.8 Å². The molecule has 1 amide bonds. The summed E-state index contributed by atoms with van der Waals surface area (Å²) < 4.78 is 1.80. The molecule has 1 unspecified atom stereocenters. The average Bonchev–Trinajstić information content (AvgIpc) is 3.09. The van der Waals surface area contributed by atoms with Crippen molar-refractivity contribution in [2.24, 2.45) is 13.0 Å². The van der Waals surface area contributed by atoms with Crippen LogP contribution in [0.15, 0.2) is 12.5 Å². The molecule has 0 bridgehead atoms. The summed E-state index contributed by atoms with van der Waals surface area (Å²) in [5, 5.41) is 3.59. The van der Waals surface area contributed by atoms with E-state index < -0.39 is 0 Å². The van der Waals surface area contributed by atoms with Gasteiger partial charge < -0.3 is 14.8 Å². The second kappa shape index (κ2) is 5.33. The van der Waals surface area contributed by atoms with Crippen LogP contribution in [0.1, 0.15) is 36.2 Å². The van der Waals surface area contributed by atoms with Gasteiger partial charge in [-0.05, 0) is 38.1 Å². The zero-order chi connectivity index (χ0) is 13.2. The smallest absolute Gasteiger partial charge is 0.272 e. The maximum absolute atomic E-state index is 12.4. The number of nitrogens with zero attached hydrogens (tertiary/aromatic N) is 3. The second-order valence-corrected chi connectivity index (χ2v) is 5.72. The molecular weight excluding hydrogens is 240 g/mol. The van der Waals surface area contributed by atoms with Crippen molar-refractivity contribution in [1.29, 1.82) is 0 Å². The Morgan fingerprint density at radius 1 is 1.37 bits per heavy atom. The number of nitrogens with one attached hydrogen (secondary N) is 1. The maximum Gasteiger partial charge on any atom is 0.272 e. The first kappa shape index (κ1) is 12.7. The first-order valence-electron chi connectivity index (χ1n) is 7.24. The fourth-order valence-corrected chi connectivity index (χ4v) is 3.34. The van der Waals surface area contributed by atoms with Crippen LogP contribution in [0.2, 0.25) is 0 Å². The fraction of sp³-hybridized carbons (Fsp3) is 0.714. The number of imidazole rings is 1. The van der Waals surface area contributed by atoms with Gasteiger partial charge in [0.1, 0.15) is 5.69 Å². The molecule has 1 aromatic rings. The van der Waals surface area contributed by atoms with E-state index in [0.29, 0.717) is 11.7 Å². The van der Waals surface area contributed by atoms with E-state index >= 15 is 0 Å². The molecule has 19 heavy (non-hydrogen) atoms. The zero-order valence-electron chi connectivity index (χ0n) is 11.5. The van der Waals surface area contributed by atoms with Crippen molar-refractivity contribution in [1.82, 2.24) is 19.8 Å². The van der Waals surface area contributed by atoms with Gasteiger partial charge in [-0.2, -0.15) is 0 Å². The van der Waals surface area contributed by atoms with Gasteiger partial charge >= 0.3 is 0 Å². The molecule has 1 aromatic heterocycles. The summed E-state index contributed by atoms with van der Waals surface area (Å²) in [5.41, 5.74) is 0.692. The third-order valence-electron chi connectivity index (χ3n) is 4.53. The molecule has 2 aliphatic heterocycles. The molecule has 1 N–H and O–H groups in total. The monoisotopic (exact) mass is 262 g/mol. The summed E-state index contributed by atoms with van der Waals surface area (Å²) >= 11 is 0. The Bertz CT molecular complexity index is 442. The van der Waals surface area contributed by atoms with E-state index in [2.05, 4.69) is 10.3 Å². The molecule has 3 rings (SSSR count). The van der Waals surface area contributed by atoms with Gasteiger partial charge in [-0.25, -0.2) is 4.98 Å². The number of likely N-dealkylation sites (tertiary alicyclic amines) is 1. The molecule has 0 spiro atoms. The van der Waals surface area contributed by atoms with Gasteiger partial charge in [0.05, 0.1) is 12.5 Å². The van der Waals surface area contributed by atoms with Crippen molar-refractivity contribution in [3.05, 3.63) is 18.2 Å². The minimum Gasteiger partial charge on any atom is -0.337 e. The van der Waals surface area contributed by atoms with Gasteiger partial charge in [0, 0.05) is 26.2 Å². The van der Waals surface area contributed by atoms with Crippen LogP contribution < -0.4 is 5.32 Å². The largest absolute Gasteiger partial charge is 0.337 e. The number of carbonyl (C=O) groups excluding carboxylic acids is 1. The summed E-state index contributed by atoms with van der Waals surface area (Å²) in [5.74, 6) is 0.871. The Morgan fingerprint density at radius 3 is 2.74 bits per heavy atom. The summed E-state index contributed by atoms with van der Waals surface area (Å²) in [4.78, 5) is 18.4. The van der Waals surface area contributed by atoms with Crippen LogP contribution in [0.4, 0.5) is 0 Å². The Kier molecular flexibility index (Phi) is 3.55. The molecule has 2 aliphatic rings. The van der Waals surface area contributed by atoms with Crippen LogP contribution in [0.5, 0.6) is 0 Å². The lowest BCUT2D eigenvalue weighted by molar-refractivity contribution is 0.0665. The Labute approximate surface area is 114 Å². The van der Waals surface area contributed by atoms with Gasteiger partial charge in [-0.3, -0.25) is 4.79 Å². The predicted octanol–water partition coefficient (Wildman–Crippen LogP) is 1.02. The van der Waals surface area contributed by atoms with E-state index in [1.54, 1.807) is 17.1 Å². The number of piperidine rings is 1. The lowest BCUT2D eigenvalue weighted by Crippen LogP contribution is -2.43. The summed E-state index contributed by atoms with van der Waals surface area (Å²) in [7, 11) is 1.87. The molecule has 2 saturated heterocycles. The molecule has 2 fully saturated rings. The van der Waals surface area contributed by atoms with Crippen LogP contribution in [0.3, 0.4) is 0 Å². The van der Waals surface area contributed by atoms with Crippen LogP contribution in [0, 0.1) is 5.92 Å². The molecule has 0 saturated carbocycles. The number of amides is 1. The lowest BCUT2D eigenvalue weighted by Gasteiger charge is -2.34. The number of hydrogen-bond donors (Lipinski definition) is 1. The molecule has 5 heteroatoms. The van der Waals surface area contributed by atoms with E-state index in [1.807, 2.05) is 11.9 Å². The van der Waals surface area contributed by atoms with Crippen molar-refractivity contribution in [2.75, 3.05) is 19.6 Å². The Balaban J connectivity index is 1.58. The van der Waals surface area contributed by atoms with Crippen molar-refractivity contribution >= 4 is 5.91 Å². The van der Waals surface area contributed by atoms with Gasteiger partial charge in [0.15, 0.2) is 0 Å². The first-order chi connectivity index (χ1) is 9.25. The molecule has 1 atom stereocenters. The van der Waals surface area contributed by atoms with Gasteiger partial charge in [0.25, 0.3) is 5.91 Å². The van der Waals surface area contributed by atoms with Crippen LogP contribution in [0.25, 0.3) is 0 Å². The lowest BCUT2D eigenvalue weighted by atomic mass is 9.88. The van der Waals surface area contributed by atoms with Crippen molar-refractivity contribution in [3.8, 4) is 0 Å². The first-order valence-corrected chi connectivity index (χ1v) is 7.24. The van der Waals surface area contributed by atoms with E-state index in [9.17, 15) is 4.79 Å². The van der Waals surface area contributed by atoms with Crippen LogP contribution >= 0.6 is 0 Å². The zero-order valence-corrected chi connectivity index (χ0v) is 11.5. The number of aromatic nitrogens is 2. The van der Waals surface area contributed by atoms with Crippen molar-refractivity contribution in [3.63, 3.8) is 0 Å². The van der Waals surface area contributed by atoms with Crippen molar-refractivity contribution in [2.45, 2.75) is 31.7 Å². The highest BCUT2D eigenvalue weighted by molar-refractivity contribution is 5.92. The highest BCUT2D eigenvalue weighted by Crippen LogP contribution is 2.26. The van der Waals surface area contributed by atoms with Crippen molar-refractivity contribution < 1.29 is 4.79 Å². The molecule has 0 aromatic carbocycles. The highest BCUT2D eigenvalue weighted by atomic mass is 16.2. The van der Waals surface area contributed by atoms with Gasteiger partial charge in [-0.15, -0.1) is 0 Å².